The predicted octanol–water partition coefficient (Wildman–Crippen LogP) is 1.73. The van der Waals surface area contributed by atoms with Crippen molar-refractivity contribution in [3.8, 4) is 0 Å². The van der Waals surface area contributed by atoms with E-state index in [4.69, 9.17) is 21.1 Å². The molecule has 24 heavy (non-hydrogen) atoms. The van der Waals surface area contributed by atoms with Crippen LogP contribution in [-0.4, -0.2) is 42.6 Å². The quantitative estimate of drug-likeness (QED) is 0.656. The fraction of sp³-hybridized carbons (Fsp3) is 0.471. The van der Waals surface area contributed by atoms with Gasteiger partial charge in [-0.3, -0.25) is 14.4 Å². The highest BCUT2D eigenvalue weighted by Gasteiger charge is 2.56. The van der Waals surface area contributed by atoms with Gasteiger partial charge in [0, 0.05) is 17.4 Å². The van der Waals surface area contributed by atoms with Gasteiger partial charge in [0.15, 0.2) is 5.78 Å². The summed E-state index contributed by atoms with van der Waals surface area (Å²) in [4.78, 5) is 37.0. The molecular weight excluding hydrogens is 336 g/mol. The highest BCUT2D eigenvalue weighted by molar-refractivity contribution is 6.30. The molecule has 6 nitrogen and oxygen atoms in total. The van der Waals surface area contributed by atoms with E-state index >= 15 is 0 Å². The third kappa shape index (κ3) is 3.30. The van der Waals surface area contributed by atoms with E-state index in [1.807, 2.05) is 0 Å². The molecule has 2 rings (SSSR count). The second-order valence-corrected chi connectivity index (χ2v) is 6.52. The Morgan fingerprint density at radius 3 is 2.21 bits per heavy atom. The van der Waals surface area contributed by atoms with Crippen molar-refractivity contribution < 1.29 is 29.0 Å². The Bertz CT molecular complexity index is 652. The van der Waals surface area contributed by atoms with E-state index in [1.54, 1.807) is 24.3 Å². The standard InChI is InChI=1S/C17H19ClO6/c1-17(22)8-11(19)13(15(20)23-2)12(14(17)16(21)24-3)9-4-6-10(18)7-5-9/h4-7,12-14,22H,8H2,1-3H3/t12-,13+,14+,17+/m0/s1. The normalized spacial score (nSPS) is 29.9. The summed E-state index contributed by atoms with van der Waals surface area (Å²) in [7, 11) is 2.37. The Kier molecular flexibility index (Phi) is 5.30. The minimum atomic E-state index is -1.64. The first kappa shape index (κ1) is 18.4. The largest absolute Gasteiger partial charge is 0.469 e. The molecular formula is C17H19ClO6. The highest BCUT2D eigenvalue weighted by atomic mass is 35.5. The molecule has 1 aliphatic rings. The van der Waals surface area contributed by atoms with Gasteiger partial charge in [0.05, 0.1) is 25.7 Å². The molecule has 4 atom stereocenters. The fourth-order valence-corrected chi connectivity index (χ4v) is 3.48. The van der Waals surface area contributed by atoms with Crippen LogP contribution in [-0.2, 0) is 23.9 Å². The van der Waals surface area contributed by atoms with Crippen molar-refractivity contribution in [2.24, 2.45) is 11.8 Å². The summed E-state index contributed by atoms with van der Waals surface area (Å²) in [5.74, 6) is -5.11. The third-order valence-corrected chi connectivity index (χ3v) is 4.68. The Morgan fingerprint density at radius 1 is 1.17 bits per heavy atom. The van der Waals surface area contributed by atoms with E-state index in [0.29, 0.717) is 10.6 Å². The van der Waals surface area contributed by atoms with Crippen LogP contribution in [0, 0.1) is 11.8 Å². The minimum Gasteiger partial charge on any atom is -0.469 e. The third-order valence-electron chi connectivity index (χ3n) is 4.43. The first-order valence-electron chi connectivity index (χ1n) is 7.39. The molecule has 0 aliphatic heterocycles. The van der Waals surface area contributed by atoms with Crippen molar-refractivity contribution in [1.82, 2.24) is 0 Å². The zero-order chi connectivity index (χ0) is 18.1. The lowest BCUT2D eigenvalue weighted by atomic mass is 9.62. The first-order chi connectivity index (χ1) is 11.2. The Balaban J connectivity index is 2.63. The number of methoxy groups -OCH3 is 2. The molecule has 7 heteroatoms. The number of hydrogen-bond acceptors (Lipinski definition) is 6. The lowest BCUT2D eigenvalue weighted by molar-refractivity contribution is -0.170. The number of halogens is 1. The maximum atomic E-state index is 12.5. The Labute approximate surface area is 144 Å². The van der Waals surface area contributed by atoms with Gasteiger partial charge in [0.25, 0.3) is 0 Å². The summed E-state index contributed by atoms with van der Waals surface area (Å²) in [5, 5.41) is 11.1. The molecule has 1 fully saturated rings. The zero-order valence-electron chi connectivity index (χ0n) is 13.6. The van der Waals surface area contributed by atoms with E-state index in [2.05, 4.69) is 0 Å². The molecule has 0 bridgehead atoms. The number of benzene rings is 1. The van der Waals surface area contributed by atoms with Crippen molar-refractivity contribution in [3.05, 3.63) is 34.9 Å². The molecule has 0 aromatic heterocycles. The topological polar surface area (TPSA) is 89.9 Å². The van der Waals surface area contributed by atoms with E-state index in [-0.39, 0.29) is 6.42 Å². The Morgan fingerprint density at radius 2 is 1.71 bits per heavy atom. The smallest absolute Gasteiger partial charge is 0.316 e. The number of carbonyl (C=O) groups excluding carboxylic acids is 3. The summed E-state index contributed by atoms with van der Waals surface area (Å²) in [6.45, 7) is 1.39. The molecule has 0 saturated heterocycles. The second kappa shape index (κ2) is 6.91. The van der Waals surface area contributed by atoms with Crippen molar-refractivity contribution in [1.29, 1.82) is 0 Å². The number of rotatable bonds is 3. The number of esters is 2. The number of Topliss-reactive ketones (excluding diaryl/α,β-unsaturated/α-hetero) is 1. The molecule has 130 valence electrons. The van der Waals surface area contributed by atoms with Crippen molar-refractivity contribution >= 4 is 29.3 Å². The van der Waals surface area contributed by atoms with Crippen LogP contribution in [0.1, 0.15) is 24.8 Å². The van der Waals surface area contributed by atoms with E-state index in [0.717, 1.165) is 0 Å². The number of ketones is 1. The molecule has 0 unspecified atom stereocenters. The van der Waals surface area contributed by atoms with Gasteiger partial charge in [0.1, 0.15) is 5.92 Å². The van der Waals surface area contributed by atoms with E-state index < -0.39 is 41.1 Å². The van der Waals surface area contributed by atoms with Crippen LogP contribution in [0.2, 0.25) is 5.02 Å². The molecule has 0 heterocycles. The summed E-state index contributed by atoms with van der Waals surface area (Å²) < 4.78 is 9.56. The van der Waals surface area contributed by atoms with Gasteiger partial charge < -0.3 is 14.6 Å². The molecule has 1 saturated carbocycles. The van der Waals surface area contributed by atoms with Crippen LogP contribution in [0.3, 0.4) is 0 Å². The van der Waals surface area contributed by atoms with Gasteiger partial charge in [-0.25, -0.2) is 0 Å². The molecule has 1 aliphatic carbocycles. The van der Waals surface area contributed by atoms with Crippen LogP contribution in [0.25, 0.3) is 0 Å². The monoisotopic (exact) mass is 354 g/mol. The van der Waals surface area contributed by atoms with Crippen LogP contribution < -0.4 is 0 Å². The number of ether oxygens (including phenoxy) is 2. The molecule has 0 radical (unpaired) electrons. The SMILES string of the molecule is COC(=O)[C@@H]1C(=O)C[C@@](C)(O)[C@@H](C(=O)OC)[C@H]1c1ccc(Cl)cc1. The fourth-order valence-electron chi connectivity index (χ4n) is 3.35. The van der Waals surface area contributed by atoms with Crippen LogP contribution in [0.15, 0.2) is 24.3 Å². The molecule has 1 aromatic carbocycles. The van der Waals surface area contributed by atoms with E-state index in [1.165, 1.54) is 21.1 Å². The maximum absolute atomic E-state index is 12.5. The Hall–Kier alpha value is -1.92. The lowest BCUT2D eigenvalue weighted by Crippen LogP contribution is -2.55. The second-order valence-electron chi connectivity index (χ2n) is 6.08. The van der Waals surface area contributed by atoms with E-state index in [9.17, 15) is 19.5 Å². The highest BCUT2D eigenvalue weighted by Crippen LogP contribution is 2.46. The summed E-state index contributed by atoms with van der Waals surface area (Å²) in [6, 6.07) is 6.42. The van der Waals surface area contributed by atoms with Crippen LogP contribution in [0.4, 0.5) is 0 Å². The lowest BCUT2D eigenvalue weighted by Gasteiger charge is -2.43. The predicted molar refractivity (Wildman–Crippen MR) is 85.5 cm³/mol. The molecule has 0 spiro atoms. The first-order valence-corrected chi connectivity index (χ1v) is 7.77. The van der Waals surface area contributed by atoms with Gasteiger partial charge in [-0.15, -0.1) is 0 Å². The van der Waals surface area contributed by atoms with Crippen LogP contribution >= 0.6 is 11.6 Å². The van der Waals surface area contributed by atoms with Crippen molar-refractivity contribution in [3.63, 3.8) is 0 Å². The summed E-state index contributed by atoms with van der Waals surface area (Å²) in [5.41, 5.74) is -1.11. The number of carbonyl (C=O) groups is 3. The number of hydrogen-bond donors (Lipinski definition) is 1. The average molecular weight is 355 g/mol. The zero-order valence-corrected chi connectivity index (χ0v) is 14.4. The molecule has 1 N–H and O–H groups in total. The van der Waals surface area contributed by atoms with Gasteiger partial charge in [-0.2, -0.15) is 0 Å². The number of aliphatic hydroxyl groups is 1. The van der Waals surface area contributed by atoms with Gasteiger partial charge >= 0.3 is 11.9 Å². The van der Waals surface area contributed by atoms with Gasteiger partial charge in [-0.05, 0) is 24.6 Å². The van der Waals surface area contributed by atoms with Crippen molar-refractivity contribution in [2.45, 2.75) is 24.9 Å². The summed E-state index contributed by atoms with van der Waals surface area (Å²) in [6.07, 6.45) is -0.337. The molecule has 0 amide bonds. The van der Waals surface area contributed by atoms with Gasteiger partial charge in [-0.1, -0.05) is 23.7 Å². The summed E-state index contributed by atoms with van der Waals surface area (Å²) >= 11 is 5.89. The molecule has 1 aromatic rings. The van der Waals surface area contributed by atoms with Crippen LogP contribution in [0.5, 0.6) is 0 Å². The van der Waals surface area contributed by atoms with Gasteiger partial charge in [0.2, 0.25) is 0 Å². The average Bonchev–Trinajstić information content (AvgIpc) is 2.53. The minimum absolute atomic E-state index is 0.337. The van der Waals surface area contributed by atoms with Crippen molar-refractivity contribution in [2.75, 3.05) is 14.2 Å². The maximum Gasteiger partial charge on any atom is 0.316 e.